The number of carbonyl (C=O) groups is 2. The van der Waals surface area contributed by atoms with Crippen LogP contribution in [0.1, 0.15) is 18.4 Å². The van der Waals surface area contributed by atoms with E-state index >= 15 is 0 Å². The maximum Gasteiger partial charge on any atom is 0.225 e. The summed E-state index contributed by atoms with van der Waals surface area (Å²) in [7, 11) is 1.61. The van der Waals surface area contributed by atoms with Crippen molar-refractivity contribution in [3.8, 4) is 11.5 Å². The third-order valence-corrected chi connectivity index (χ3v) is 4.68. The van der Waals surface area contributed by atoms with Gasteiger partial charge in [-0.25, -0.2) is 0 Å². The molecule has 28 heavy (non-hydrogen) atoms. The largest absolute Gasteiger partial charge is 0.497 e. The second-order valence-electron chi connectivity index (χ2n) is 6.69. The van der Waals surface area contributed by atoms with Gasteiger partial charge in [0, 0.05) is 25.7 Å². The molecule has 1 aromatic carbocycles. The molecule has 0 spiro atoms. The highest BCUT2D eigenvalue weighted by Crippen LogP contribution is 2.21. The van der Waals surface area contributed by atoms with Crippen LogP contribution in [0.25, 0.3) is 0 Å². The van der Waals surface area contributed by atoms with Crippen molar-refractivity contribution in [2.45, 2.75) is 19.4 Å². The molecule has 2 amide bonds. The molecule has 7 nitrogen and oxygen atoms in total. The molecule has 7 heteroatoms. The lowest BCUT2D eigenvalue weighted by Gasteiger charge is -2.32. The van der Waals surface area contributed by atoms with Crippen LogP contribution in [0.3, 0.4) is 0 Å². The number of benzene rings is 1. The van der Waals surface area contributed by atoms with E-state index in [0.29, 0.717) is 44.8 Å². The van der Waals surface area contributed by atoms with Crippen LogP contribution < -0.4 is 14.8 Å². The van der Waals surface area contributed by atoms with E-state index in [0.717, 1.165) is 11.3 Å². The van der Waals surface area contributed by atoms with Crippen LogP contribution in [-0.2, 0) is 16.1 Å². The average Bonchev–Trinajstić information content (AvgIpc) is 2.73. The summed E-state index contributed by atoms with van der Waals surface area (Å²) in [4.78, 5) is 30.5. The van der Waals surface area contributed by atoms with E-state index < -0.39 is 0 Å². The third kappa shape index (κ3) is 5.45. The number of pyridine rings is 1. The Balaban J connectivity index is 1.47. The number of rotatable bonds is 8. The first-order valence-electron chi connectivity index (χ1n) is 9.37. The molecule has 0 unspecified atom stereocenters. The Kier molecular flexibility index (Phi) is 6.84. The van der Waals surface area contributed by atoms with Gasteiger partial charge in [-0.05, 0) is 36.2 Å². The van der Waals surface area contributed by atoms with Crippen molar-refractivity contribution in [3.63, 3.8) is 0 Å². The molecule has 1 aliphatic rings. The summed E-state index contributed by atoms with van der Waals surface area (Å²) in [6.45, 7) is 1.68. The van der Waals surface area contributed by atoms with E-state index in [2.05, 4.69) is 10.3 Å². The van der Waals surface area contributed by atoms with Gasteiger partial charge in [-0.3, -0.25) is 14.6 Å². The maximum atomic E-state index is 12.5. The lowest BCUT2D eigenvalue weighted by Crippen LogP contribution is -2.45. The maximum absolute atomic E-state index is 12.5. The molecule has 148 valence electrons. The van der Waals surface area contributed by atoms with Gasteiger partial charge in [0.2, 0.25) is 11.8 Å². The topological polar surface area (TPSA) is 80.8 Å². The number of hydrogen-bond acceptors (Lipinski definition) is 5. The SMILES string of the molecule is COc1cccc(CN2C[C@H](C(=O)NCCOc3cccnc3)CCC2=O)c1. The van der Waals surface area contributed by atoms with Gasteiger partial charge in [0.05, 0.1) is 25.8 Å². The lowest BCUT2D eigenvalue weighted by atomic mass is 9.96. The Bertz CT molecular complexity index is 797. The Morgan fingerprint density at radius 3 is 2.93 bits per heavy atom. The number of amides is 2. The number of carbonyl (C=O) groups excluding carboxylic acids is 2. The monoisotopic (exact) mass is 383 g/mol. The molecular formula is C21H25N3O4. The van der Waals surface area contributed by atoms with Gasteiger partial charge in [-0.15, -0.1) is 0 Å². The molecule has 1 aromatic heterocycles. The summed E-state index contributed by atoms with van der Waals surface area (Å²) < 4.78 is 10.8. The normalized spacial score (nSPS) is 16.5. The molecule has 0 bridgehead atoms. The van der Waals surface area contributed by atoms with Crippen molar-refractivity contribution in [1.82, 2.24) is 15.2 Å². The Morgan fingerprint density at radius 2 is 2.14 bits per heavy atom. The second kappa shape index (κ2) is 9.73. The van der Waals surface area contributed by atoms with E-state index in [4.69, 9.17) is 9.47 Å². The fourth-order valence-corrected chi connectivity index (χ4v) is 3.19. The van der Waals surface area contributed by atoms with Gasteiger partial charge < -0.3 is 19.7 Å². The summed E-state index contributed by atoms with van der Waals surface area (Å²) >= 11 is 0. The molecule has 1 saturated heterocycles. The molecule has 3 rings (SSSR count). The van der Waals surface area contributed by atoms with Gasteiger partial charge >= 0.3 is 0 Å². The fourth-order valence-electron chi connectivity index (χ4n) is 3.19. The van der Waals surface area contributed by atoms with Crippen LogP contribution in [0.5, 0.6) is 11.5 Å². The smallest absolute Gasteiger partial charge is 0.225 e. The Labute approximate surface area is 164 Å². The molecule has 2 heterocycles. The van der Waals surface area contributed by atoms with Gasteiger partial charge in [0.1, 0.15) is 18.1 Å². The number of aromatic nitrogens is 1. The summed E-state index contributed by atoms with van der Waals surface area (Å²) in [6, 6.07) is 11.2. The fraction of sp³-hybridized carbons (Fsp3) is 0.381. The molecule has 0 saturated carbocycles. The van der Waals surface area contributed by atoms with Crippen LogP contribution in [-0.4, -0.2) is 48.5 Å². The highest BCUT2D eigenvalue weighted by Gasteiger charge is 2.30. The minimum absolute atomic E-state index is 0.0436. The van der Waals surface area contributed by atoms with Crippen molar-refractivity contribution < 1.29 is 19.1 Å². The first-order valence-corrected chi connectivity index (χ1v) is 9.37. The van der Waals surface area contributed by atoms with Crippen LogP contribution in [0.15, 0.2) is 48.8 Å². The molecule has 1 aliphatic heterocycles. The van der Waals surface area contributed by atoms with Crippen LogP contribution in [0.2, 0.25) is 0 Å². The molecule has 1 N–H and O–H groups in total. The van der Waals surface area contributed by atoms with E-state index in [1.54, 1.807) is 30.5 Å². The number of nitrogens with one attached hydrogen (secondary N) is 1. The highest BCUT2D eigenvalue weighted by atomic mass is 16.5. The first kappa shape index (κ1) is 19.7. The van der Waals surface area contributed by atoms with Crippen LogP contribution >= 0.6 is 0 Å². The van der Waals surface area contributed by atoms with Crippen molar-refractivity contribution in [2.24, 2.45) is 5.92 Å². The molecular weight excluding hydrogens is 358 g/mol. The number of hydrogen-bond donors (Lipinski definition) is 1. The average molecular weight is 383 g/mol. The van der Waals surface area contributed by atoms with E-state index in [1.165, 1.54) is 0 Å². The third-order valence-electron chi connectivity index (χ3n) is 4.68. The minimum Gasteiger partial charge on any atom is -0.497 e. The summed E-state index contributed by atoms with van der Waals surface area (Å²) in [5.74, 6) is 1.25. The quantitative estimate of drug-likeness (QED) is 0.706. The molecule has 1 fully saturated rings. The van der Waals surface area contributed by atoms with Crippen molar-refractivity contribution in [3.05, 3.63) is 54.4 Å². The summed E-state index contributed by atoms with van der Waals surface area (Å²) in [6.07, 6.45) is 4.26. The van der Waals surface area contributed by atoms with E-state index in [9.17, 15) is 9.59 Å². The van der Waals surface area contributed by atoms with Gasteiger partial charge in [0.15, 0.2) is 0 Å². The number of ether oxygens (including phenoxy) is 2. The zero-order valence-electron chi connectivity index (χ0n) is 16.0. The van der Waals surface area contributed by atoms with Gasteiger partial charge in [-0.2, -0.15) is 0 Å². The Hall–Kier alpha value is -3.09. The van der Waals surface area contributed by atoms with Crippen LogP contribution in [0.4, 0.5) is 0 Å². The number of piperidine rings is 1. The minimum atomic E-state index is -0.207. The van der Waals surface area contributed by atoms with E-state index in [1.807, 2.05) is 30.3 Å². The predicted octanol–water partition coefficient (Wildman–Crippen LogP) is 2.02. The molecule has 0 aliphatic carbocycles. The number of likely N-dealkylation sites (tertiary alicyclic amines) is 1. The van der Waals surface area contributed by atoms with Crippen LogP contribution in [0, 0.1) is 5.92 Å². The van der Waals surface area contributed by atoms with Gasteiger partial charge in [0.25, 0.3) is 0 Å². The zero-order valence-corrected chi connectivity index (χ0v) is 16.0. The van der Waals surface area contributed by atoms with Crippen molar-refractivity contribution >= 4 is 11.8 Å². The van der Waals surface area contributed by atoms with E-state index in [-0.39, 0.29) is 17.7 Å². The first-order chi connectivity index (χ1) is 13.7. The standard InChI is InChI=1S/C21H25N3O4/c1-27-18-5-2-4-16(12-18)14-24-15-17(7-8-20(24)25)21(26)23-10-11-28-19-6-3-9-22-13-19/h2-6,9,12-13,17H,7-8,10-11,14-15H2,1H3,(H,23,26)/t17-/m1/s1. The highest BCUT2D eigenvalue weighted by molar-refractivity contribution is 5.83. The molecule has 0 radical (unpaired) electrons. The molecule has 1 atom stereocenters. The lowest BCUT2D eigenvalue weighted by molar-refractivity contribution is -0.138. The number of methoxy groups -OCH3 is 1. The number of nitrogens with zero attached hydrogens (tertiary/aromatic N) is 2. The summed E-state index contributed by atoms with van der Waals surface area (Å²) in [5, 5.41) is 2.90. The van der Waals surface area contributed by atoms with Crippen molar-refractivity contribution in [1.29, 1.82) is 0 Å². The van der Waals surface area contributed by atoms with Crippen molar-refractivity contribution in [2.75, 3.05) is 26.8 Å². The Morgan fingerprint density at radius 1 is 1.29 bits per heavy atom. The molecule has 2 aromatic rings. The summed E-state index contributed by atoms with van der Waals surface area (Å²) in [5.41, 5.74) is 0.985. The second-order valence-corrected chi connectivity index (χ2v) is 6.69. The predicted molar refractivity (Wildman–Crippen MR) is 104 cm³/mol. The zero-order chi connectivity index (χ0) is 19.8. The van der Waals surface area contributed by atoms with Gasteiger partial charge in [-0.1, -0.05) is 12.1 Å².